The number of rotatable bonds is 9. The Kier molecular flexibility index (Phi) is 7.19. The molecule has 2 heteroatoms. The van der Waals surface area contributed by atoms with Crippen LogP contribution in [-0.4, -0.2) is 0 Å². The van der Waals surface area contributed by atoms with Crippen LogP contribution in [0.3, 0.4) is 0 Å². The molecule has 0 saturated heterocycles. The summed E-state index contributed by atoms with van der Waals surface area (Å²) in [6.45, 7) is 2.22. The molecule has 0 aliphatic heterocycles. The van der Waals surface area contributed by atoms with Crippen molar-refractivity contribution in [1.29, 1.82) is 0 Å². The minimum absolute atomic E-state index is 0.303. The molecule has 0 saturated carbocycles. The second kappa shape index (κ2) is 9.82. The topological polar surface area (TPSA) is 0 Å². The number of halogens is 2. The van der Waals surface area contributed by atoms with Crippen LogP contribution in [0.2, 0.25) is 0 Å². The summed E-state index contributed by atoms with van der Waals surface area (Å²) >= 11 is 0. The van der Waals surface area contributed by atoms with Crippen molar-refractivity contribution in [2.75, 3.05) is 0 Å². The van der Waals surface area contributed by atoms with Gasteiger partial charge in [-0.15, -0.1) is 0 Å². The first-order valence-corrected chi connectivity index (χ1v) is 10.5. The zero-order valence-electron chi connectivity index (χ0n) is 16.8. The molecule has 0 N–H and O–H groups in total. The van der Waals surface area contributed by atoms with Gasteiger partial charge < -0.3 is 0 Å². The zero-order valence-corrected chi connectivity index (χ0v) is 16.8. The maximum Gasteiger partial charge on any atom is 0.158 e. The fourth-order valence-corrected chi connectivity index (χ4v) is 3.99. The Balaban J connectivity index is 1.77. The first-order valence-electron chi connectivity index (χ1n) is 10.5. The van der Waals surface area contributed by atoms with E-state index < -0.39 is 5.67 Å². The van der Waals surface area contributed by atoms with Gasteiger partial charge in [0.15, 0.2) is 5.67 Å². The lowest BCUT2D eigenvalue weighted by Crippen LogP contribution is -2.20. The van der Waals surface area contributed by atoms with Gasteiger partial charge in [-0.1, -0.05) is 87.6 Å². The smallest absolute Gasteiger partial charge is 0.158 e. The van der Waals surface area contributed by atoms with Crippen LogP contribution in [0.5, 0.6) is 0 Å². The summed E-state index contributed by atoms with van der Waals surface area (Å²) in [5, 5.41) is 0. The summed E-state index contributed by atoms with van der Waals surface area (Å²) in [5.74, 6) is -0.303. The molecule has 0 spiro atoms. The van der Waals surface area contributed by atoms with Crippen LogP contribution in [0.15, 0.2) is 72.3 Å². The minimum atomic E-state index is -1.55. The first kappa shape index (κ1) is 20.5. The van der Waals surface area contributed by atoms with E-state index in [0.29, 0.717) is 17.5 Å². The summed E-state index contributed by atoms with van der Waals surface area (Å²) in [5.41, 5.74) is 1.61. The predicted octanol–water partition coefficient (Wildman–Crippen LogP) is 8.29. The van der Waals surface area contributed by atoms with Gasteiger partial charge in [-0.3, -0.25) is 0 Å². The second-order valence-corrected chi connectivity index (χ2v) is 7.76. The lowest BCUT2D eigenvalue weighted by molar-refractivity contribution is 0.234. The van der Waals surface area contributed by atoms with Crippen LogP contribution in [-0.2, 0) is 5.67 Å². The van der Waals surface area contributed by atoms with E-state index in [1.165, 1.54) is 44.2 Å². The van der Waals surface area contributed by atoms with Gasteiger partial charge in [0.25, 0.3) is 0 Å². The minimum Gasteiger partial charge on any atom is -0.234 e. The Morgan fingerprint density at radius 3 is 2.54 bits per heavy atom. The Labute approximate surface area is 168 Å². The SMILES string of the molecule is CCCCCCCCC1=CC(F)(c2ccccc2-c2cccc(F)c2)CC=C1. The number of benzene rings is 2. The largest absolute Gasteiger partial charge is 0.234 e. The summed E-state index contributed by atoms with van der Waals surface area (Å²) < 4.78 is 29.8. The Morgan fingerprint density at radius 1 is 0.929 bits per heavy atom. The molecule has 3 rings (SSSR count). The summed E-state index contributed by atoms with van der Waals surface area (Å²) in [6.07, 6.45) is 14.4. The summed E-state index contributed by atoms with van der Waals surface area (Å²) in [7, 11) is 0. The highest BCUT2D eigenvalue weighted by Crippen LogP contribution is 2.41. The molecule has 0 nitrogen and oxygen atoms in total. The highest BCUT2D eigenvalue weighted by molar-refractivity contribution is 5.69. The third-order valence-electron chi connectivity index (χ3n) is 5.49. The van der Waals surface area contributed by atoms with Crippen LogP contribution in [0.1, 0.15) is 63.9 Å². The summed E-state index contributed by atoms with van der Waals surface area (Å²) in [6, 6.07) is 13.9. The van der Waals surface area contributed by atoms with E-state index in [9.17, 15) is 4.39 Å². The first-order chi connectivity index (χ1) is 13.6. The highest BCUT2D eigenvalue weighted by Gasteiger charge is 2.32. The van der Waals surface area contributed by atoms with Crippen molar-refractivity contribution >= 4 is 0 Å². The van der Waals surface area contributed by atoms with Gasteiger partial charge in [0.05, 0.1) is 0 Å². The van der Waals surface area contributed by atoms with Crippen LogP contribution in [0, 0.1) is 5.82 Å². The monoisotopic (exact) mass is 380 g/mol. The molecular formula is C26H30F2. The number of alkyl halides is 1. The highest BCUT2D eigenvalue weighted by atomic mass is 19.1. The van der Waals surface area contributed by atoms with Crippen molar-refractivity contribution in [2.45, 2.75) is 64.0 Å². The van der Waals surface area contributed by atoms with E-state index >= 15 is 4.39 Å². The summed E-state index contributed by atoms with van der Waals surface area (Å²) in [4.78, 5) is 0. The molecule has 0 amide bonds. The molecule has 1 atom stereocenters. The third kappa shape index (κ3) is 5.19. The van der Waals surface area contributed by atoms with Gasteiger partial charge in [-0.05, 0) is 47.8 Å². The molecule has 0 aromatic heterocycles. The molecule has 1 aliphatic carbocycles. The van der Waals surface area contributed by atoms with Crippen molar-refractivity contribution in [3.05, 3.63) is 83.7 Å². The van der Waals surface area contributed by atoms with Gasteiger partial charge in [0.2, 0.25) is 0 Å². The number of unbranched alkanes of at least 4 members (excludes halogenated alkanes) is 5. The quantitative estimate of drug-likeness (QED) is 0.384. The van der Waals surface area contributed by atoms with Crippen molar-refractivity contribution < 1.29 is 8.78 Å². The lowest BCUT2D eigenvalue weighted by Gasteiger charge is -2.27. The van der Waals surface area contributed by atoms with Gasteiger partial charge in [-0.25, -0.2) is 8.78 Å². The molecule has 1 aliphatic rings. The molecule has 0 fully saturated rings. The molecule has 28 heavy (non-hydrogen) atoms. The van der Waals surface area contributed by atoms with Crippen LogP contribution in [0.25, 0.3) is 11.1 Å². The molecular weight excluding hydrogens is 350 g/mol. The van der Waals surface area contributed by atoms with E-state index in [4.69, 9.17) is 0 Å². The lowest BCUT2D eigenvalue weighted by atomic mass is 9.81. The van der Waals surface area contributed by atoms with Gasteiger partial charge >= 0.3 is 0 Å². The third-order valence-corrected chi connectivity index (χ3v) is 5.49. The maximum absolute atomic E-state index is 16.1. The number of hydrogen-bond acceptors (Lipinski definition) is 0. The zero-order chi connectivity index (χ0) is 19.8. The predicted molar refractivity (Wildman–Crippen MR) is 114 cm³/mol. The number of hydrogen-bond donors (Lipinski definition) is 0. The molecule has 2 aromatic carbocycles. The van der Waals surface area contributed by atoms with Crippen LogP contribution in [0.4, 0.5) is 8.78 Å². The molecule has 0 radical (unpaired) electrons. The van der Waals surface area contributed by atoms with Crippen LogP contribution >= 0.6 is 0 Å². The normalized spacial score (nSPS) is 18.9. The van der Waals surface area contributed by atoms with Crippen molar-refractivity contribution in [3.63, 3.8) is 0 Å². The van der Waals surface area contributed by atoms with Crippen LogP contribution < -0.4 is 0 Å². The second-order valence-electron chi connectivity index (χ2n) is 7.76. The fraction of sp³-hybridized carbons (Fsp3) is 0.385. The van der Waals surface area contributed by atoms with E-state index in [1.807, 2.05) is 36.4 Å². The Bertz CT molecular complexity index is 834. The van der Waals surface area contributed by atoms with Gasteiger partial charge in [-0.2, -0.15) is 0 Å². The maximum atomic E-state index is 16.1. The fourth-order valence-electron chi connectivity index (χ4n) is 3.99. The molecule has 1 unspecified atom stereocenters. The standard InChI is InChI=1S/C26H30F2/c1-2-3-4-5-6-7-12-21-13-11-18-26(28,20-21)25-17-9-8-16-24(25)22-14-10-15-23(27)19-22/h8-11,13-17,19-20H,2-7,12,18H2,1H3. The van der Waals surface area contributed by atoms with E-state index in [-0.39, 0.29) is 5.82 Å². The van der Waals surface area contributed by atoms with E-state index in [2.05, 4.69) is 13.0 Å². The van der Waals surface area contributed by atoms with E-state index in [0.717, 1.165) is 24.0 Å². The molecule has 0 heterocycles. The Morgan fingerprint density at radius 2 is 1.71 bits per heavy atom. The van der Waals surface area contributed by atoms with Crippen molar-refractivity contribution in [1.82, 2.24) is 0 Å². The molecule has 0 bridgehead atoms. The Hall–Kier alpha value is -2.22. The molecule has 2 aromatic rings. The van der Waals surface area contributed by atoms with Crippen molar-refractivity contribution in [2.24, 2.45) is 0 Å². The number of allylic oxidation sites excluding steroid dienone is 4. The average molecular weight is 381 g/mol. The van der Waals surface area contributed by atoms with Gasteiger partial charge in [0, 0.05) is 12.0 Å². The van der Waals surface area contributed by atoms with Crippen molar-refractivity contribution in [3.8, 4) is 11.1 Å². The van der Waals surface area contributed by atoms with E-state index in [1.54, 1.807) is 12.1 Å². The van der Waals surface area contributed by atoms with Gasteiger partial charge in [0.1, 0.15) is 5.82 Å². The average Bonchev–Trinajstić information content (AvgIpc) is 2.71. The molecule has 148 valence electrons.